The molecule has 0 spiro atoms. The first-order chi connectivity index (χ1) is 14.8. The van der Waals surface area contributed by atoms with Crippen LogP contribution in [0.25, 0.3) is 0 Å². The highest BCUT2D eigenvalue weighted by Crippen LogP contribution is 2.24. The summed E-state index contributed by atoms with van der Waals surface area (Å²) < 4.78 is 26.2. The van der Waals surface area contributed by atoms with E-state index in [0.717, 1.165) is 10.6 Å². The molecule has 1 unspecified atom stereocenters. The maximum absolute atomic E-state index is 13.2. The Balaban J connectivity index is 1.94. The Morgan fingerprint density at radius 3 is 2.00 bits per heavy atom. The molecule has 0 aliphatic heterocycles. The van der Waals surface area contributed by atoms with Crippen molar-refractivity contribution in [2.24, 2.45) is 0 Å². The zero-order chi connectivity index (χ0) is 22.4. The van der Waals surface area contributed by atoms with E-state index in [1.54, 1.807) is 85.8 Å². The highest BCUT2D eigenvalue weighted by atomic mass is 32.2. The van der Waals surface area contributed by atoms with Crippen LogP contribution in [-0.4, -0.2) is 32.4 Å². The largest absolute Gasteiger partial charge is 0.324 e. The second-order valence-electron chi connectivity index (χ2n) is 7.05. The highest BCUT2D eigenvalue weighted by Gasteiger charge is 2.32. The molecule has 0 bridgehead atoms. The molecule has 0 heterocycles. The van der Waals surface area contributed by atoms with Crippen molar-refractivity contribution in [3.63, 3.8) is 0 Å². The minimum absolute atomic E-state index is 0.229. The number of benzene rings is 3. The van der Waals surface area contributed by atoms with Crippen molar-refractivity contribution in [1.82, 2.24) is 0 Å². The predicted octanol–water partition coefficient (Wildman–Crippen LogP) is 4.10. The normalized spacial score (nSPS) is 12.1. The Morgan fingerprint density at radius 2 is 1.42 bits per heavy atom. The Bertz CT molecular complexity index is 1160. The molecule has 3 aromatic carbocycles. The molecule has 3 aromatic rings. The van der Waals surface area contributed by atoms with Gasteiger partial charge in [-0.3, -0.25) is 13.9 Å². The third-order valence-electron chi connectivity index (χ3n) is 4.81. The molecule has 3 rings (SSSR count). The van der Waals surface area contributed by atoms with E-state index in [4.69, 9.17) is 0 Å². The van der Waals surface area contributed by atoms with E-state index >= 15 is 0 Å². The van der Waals surface area contributed by atoms with Crippen LogP contribution in [0.4, 0.5) is 11.4 Å². The molecule has 0 saturated carbocycles. The molecule has 0 aliphatic carbocycles. The molecule has 1 atom stereocenters. The first-order valence-corrected chi connectivity index (χ1v) is 11.7. The number of hydrogen-bond acceptors (Lipinski definition) is 4. The van der Waals surface area contributed by atoms with E-state index < -0.39 is 22.0 Å². The average molecular weight is 437 g/mol. The number of rotatable bonds is 8. The summed E-state index contributed by atoms with van der Waals surface area (Å²) in [7, 11) is -3.73. The SMILES string of the molecule is CCC(C(=O)Nc1ccccc1C(=O)c1ccccc1)N(c1ccccc1)S(C)(=O)=O. The van der Waals surface area contributed by atoms with Crippen LogP contribution in [0.5, 0.6) is 0 Å². The van der Waals surface area contributed by atoms with E-state index in [1.165, 1.54) is 0 Å². The van der Waals surface area contributed by atoms with E-state index in [0.29, 0.717) is 22.5 Å². The van der Waals surface area contributed by atoms with Crippen LogP contribution in [0.2, 0.25) is 0 Å². The van der Waals surface area contributed by atoms with Gasteiger partial charge in [-0.15, -0.1) is 0 Å². The number of ketones is 1. The average Bonchev–Trinajstić information content (AvgIpc) is 2.77. The molecule has 31 heavy (non-hydrogen) atoms. The van der Waals surface area contributed by atoms with Crippen LogP contribution in [-0.2, 0) is 14.8 Å². The minimum atomic E-state index is -3.73. The van der Waals surface area contributed by atoms with Gasteiger partial charge in [0.2, 0.25) is 15.9 Å². The van der Waals surface area contributed by atoms with Gasteiger partial charge < -0.3 is 5.32 Å². The van der Waals surface area contributed by atoms with Crippen molar-refractivity contribution in [2.45, 2.75) is 19.4 Å². The van der Waals surface area contributed by atoms with Gasteiger partial charge in [-0.25, -0.2) is 8.42 Å². The fourth-order valence-electron chi connectivity index (χ4n) is 3.39. The summed E-state index contributed by atoms with van der Waals surface area (Å²) in [4.78, 5) is 26.1. The van der Waals surface area contributed by atoms with Gasteiger partial charge in [-0.05, 0) is 30.7 Å². The van der Waals surface area contributed by atoms with Gasteiger partial charge in [0.25, 0.3) is 0 Å². The molecular formula is C24H24N2O4S. The van der Waals surface area contributed by atoms with Crippen LogP contribution >= 0.6 is 0 Å². The number of nitrogens with zero attached hydrogens (tertiary/aromatic N) is 1. The number of carbonyl (C=O) groups excluding carboxylic acids is 2. The van der Waals surface area contributed by atoms with Crippen LogP contribution < -0.4 is 9.62 Å². The van der Waals surface area contributed by atoms with Crippen molar-refractivity contribution in [2.75, 3.05) is 15.9 Å². The summed E-state index contributed by atoms with van der Waals surface area (Å²) >= 11 is 0. The maximum Gasteiger partial charge on any atom is 0.248 e. The standard InChI is InChI=1S/C24H24N2O4S/c1-3-22(26(31(2,29)30)19-14-8-5-9-15-19)24(28)25-21-17-11-10-16-20(21)23(27)18-12-6-4-7-13-18/h4-17,22H,3H2,1-2H3,(H,25,28). The molecule has 1 amide bonds. The van der Waals surface area contributed by atoms with E-state index in [-0.39, 0.29) is 12.2 Å². The van der Waals surface area contributed by atoms with Crippen molar-refractivity contribution in [1.29, 1.82) is 0 Å². The number of carbonyl (C=O) groups is 2. The number of sulfonamides is 1. The van der Waals surface area contributed by atoms with Gasteiger partial charge in [-0.2, -0.15) is 0 Å². The smallest absolute Gasteiger partial charge is 0.248 e. The van der Waals surface area contributed by atoms with Crippen molar-refractivity contribution < 1.29 is 18.0 Å². The summed E-state index contributed by atoms with van der Waals surface area (Å²) in [6, 6.07) is 23.0. The summed E-state index contributed by atoms with van der Waals surface area (Å²) in [5.74, 6) is -0.738. The molecule has 0 saturated heterocycles. The topological polar surface area (TPSA) is 83.6 Å². The van der Waals surface area contributed by atoms with Crippen LogP contribution in [0.3, 0.4) is 0 Å². The fraction of sp³-hybridized carbons (Fsp3) is 0.167. The predicted molar refractivity (Wildman–Crippen MR) is 123 cm³/mol. The first kappa shape index (κ1) is 22.2. The molecule has 7 heteroatoms. The number of anilines is 2. The fourth-order valence-corrected chi connectivity index (χ4v) is 4.60. The van der Waals surface area contributed by atoms with Crippen molar-refractivity contribution in [3.8, 4) is 0 Å². The molecule has 0 fully saturated rings. The molecule has 0 aromatic heterocycles. The lowest BCUT2D eigenvalue weighted by Crippen LogP contribution is -2.47. The Kier molecular flexibility index (Phi) is 6.87. The van der Waals surface area contributed by atoms with Gasteiger partial charge in [0.15, 0.2) is 5.78 Å². The lowest BCUT2D eigenvalue weighted by atomic mass is 10.0. The Morgan fingerprint density at radius 1 is 0.871 bits per heavy atom. The van der Waals surface area contributed by atoms with E-state index in [2.05, 4.69) is 5.32 Å². The summed E-state index contributed by atoms with van der Waals surface area (Å²) in [5, 5.41) is 2.77. The number of para-hydroxylation sites is 2. The summed E-state index contributed by atoms with van der Waals surface area (Å²) in [6.45, 7) is 1.74. The zero-order valence-corrected chi connectivity index (χ0v) is 18.2. The summed E-state index contributed by atoms with van der Waals surface area (Å²) in [5.41, 5.74) is 1.57. The quantitative estimate of drug-likeness (QED) is 0.539. The van der Waals surface area contributed by atoms with Crippen molar-refractivity contribution in [3.05, 3.63) is 96.1 Å². The molecule has 0 radical (unpaired) electrons. The second-order valence-corrected chi connectivity index (χ2v) is 8.91. The van der Waals surface area contributed by atoms with Gasteiger partial charge >= 0.3 is 0 Å². The first-order valence-electron chi connectivity index (χ1n) is 9.87. The zero-order valence-electron chi connectivity index (χ0n) is 17.4. The van der Waals surface area contributed by atoms with E-state index in [9.17, 15) is 18.0 Å². The second kappa shape index (κ2) is 9.57. The van der Waals surface area contributed by atoms with Crippen molar-refractivity contribution >= 4 is 33.1 Å². The van der Waals surface area contributed by atoms with Crippen LogP contribution in [0.1, 0.15) is 29.3 Å². The number of hydrogen-bond donors (Lipinski definition) is 1. The molecule has 160 valence electrons. The van der Waals surface area contributed by atoms with Crippen LogP contribution in [0, 0.1) is 0 Å². The van der Waals surface area contributed by atoms with E-state index in [1.807, 2.05) is 6.07 Å². The number of nitrogens with one attached hydrogen (secondary N) is 1. The van der Waals surface area contributed by atoms with Gasteiger partial charge in [0.1, 0.15) is 6.04 Å². The lowest BCUT2D eigenvalue weighted by Gasteiger charge is -2.30. The minimum Gasteiger partial charge on any atom is -0.324 e. The molecule has 1 N–H and O–H groups in total. The third kappa shape index (κ3) is 5.19. The van der Waals surface area contributed by atoms with Gasteiger partial charge in [0.05, 0.1) is 17.6 Å². The van der Waals surface area contributed by atoms with Gasteiger partial charge in [-0.1, -0.05) is 67.6 Å². The Hall–Kier alpha value is -3.45. The van der Waals surface area contributed by atoms with Gasteiger partial charge in [0, 0.05) is 11.1 Å². The lowest BCUT2D eigenvalue weighted by molar-refractivity contribution is -0.117. The number of amides is 1. The molecule has 0 aliphatic rings. The van der Waals surface area contributed by atoms with Crippen LogP contribution in [0.15, 0.2) is 84.9 Å². The maximum atomic E-state index is 13.2. The molecular weight excluding hydrogens is 412 g/mol. The third-order valence-corrected chi connectivity index (χ3v) is 5.99. The monoisotopic (exact) mass is 436 g/mol. The molecule has 6 nitrogen and oxygen atoms in total. The summed E-state index contributed by atoms with van der Waals surface area (Å²) in [6.07, 6.45) is 1.32. The Labute approximate surface area is 182 Å². The highest BCUT2D eigenvalue weighted by molar-refractivity contribution is 7.92.